The van der Waals surface area contributed by atoms with Gasteiger partial charge in [-0.2, -0.15) is 0 Å². The quantitative estimate of drug-likeness (QED) is 0.297. The number of anilines is 1. The molecular weight excluding hydrogens is 511 g/mol. The molecule has 1 saturated heterocycles. The molecule has 2 bridgehead atoms. The smallest absolute Gasteiger partial charge is 0.247 e. The van der Waals surface area contributed by atoms with Gasteiger partial charge < -0.3 is 5.32 Å². The summed E-state index contributed by atoms with van der Waals surface area (Å²) in [5, 5.41) is 2.72. The molecule has 3 aromatic rings. The van der Waals surface area contributed by atoms with E-state index >= 15 is 0 Å². The lowest BCUT2D eigenvalue weighted by molar-refractivity contribution is -0.146. The minimum atomic E-state index is -1.30. The van der Waals surface area contributed by atoms with Crippen LogP contribution in [0.3, 0.4) is 0 Å². The second-order valence-corrected chi connectivity index (χ2v) is 11.0. The van der Waals surface area contributed by atoms with Gasteiger partial charge in [0, 0.05) is 11.3 Å². The number of carbonyl (C=O) groups excluding carboxylic acids is 4. The molecule has 0 aromatic heterocycles. The molecule has 1 fully saturated rings. The zero-order chi connectivity index (χ0) is 26.3. The molecule has 186 valence electrons. The van der Waals surface area contributed by atoms with E-state index in [4.69, 9.17) is 23.2 Å². The minimum Gasteiger partial charge on any atom is -0.324 e. The van der Waals surface area contributed by atoms with Crippen LogP contribution >= 0.6 is 23.2 Å². The molecule has 6 nitrogen and oxygen atoms in total. The summed E-state index contributed by atoms with van der Waals surface area (Å²) in [5.74, 6) is -3.71. The first-order valence-electron chi connectivity index (χ1n) is 12.0. The molecule has 3 aliphatic carbocycles. The van der Waals surface area contributed by atoms with Gasteiger partial charge in [0.25, 0.3) is 0 Å². The number of Topliss-reactive ketones (excluding diaryl/α,β-unsaturated/α-hetero) is 1. The van der Waals surface area contributed by atoms with E-state index in [-0.39, 0.29) is 5.78 Å². The monoisotopic (exact) mass is 532 g/mol. The molecule has 0 spiro atoms. The van der Waals surface area contributed by atoms with Crippen molar-refractivity contribution in [2.75, 3.05) is 5.32 Å². The first-order chi connectivity index (χ1) is 17.6. The average Bonchev–Trinajstić information content (AvgIpc) is 3.17. The second kappa shape index (κ2) is 8.01. The molecule has 3 atom stereocenters. The Morgan fingerprint density at radius 2 is 1.27 bits per heavy atom. The fourth-order valence-electron chi connectivity index (χ4n) is 6.25. The van der Waals surface area contributed by atoms with Crippen LogP contribution in [0.15, 0.2) is 72.8 Å². The highest BCUT2D eigenvalue weighted by Gasteiger charge is 2.73. The number of nitrogens with one attached hydrogen (secondary N) is 1. The molecule has 0 radical (unpaired) electrons. The maximum atomic E-state index is 14.0. The van der Waals surface area contributed by atoms with Crippen molar-refractivity contribution in [1.82, 2.24) is 4.90 Å². The van der Waals surface area contributed by atoms with Gasteiger partial charge in [0.05, 0.1) is 11.8 Å². The third kappa shape index (κ3) is 3.00. The summed E-state index contributed by atoms with van der Waals surface area (Å²) in [5.41, 5.74) is 3.63. The third-order valence-corrected chi connectivity index (χ3v) is 9.21. The number of carbonyl (C=O) groups is 4. The molecule has 4 aliphatic rings. The SMILES string of the molecule is CC(=O)c1cccc(NC(=O)[C@H](C)N2C(=O)[C@H]3[C@H](C2=O)C2(Cl)c4ccccc4C3(Cl)c3ccccc32)c1. The number of hydrogen-bond acceptors (Lipinski definition) is 4. The third-order valence-electron chi connectivity index (χ3n) is 7.92. The van der Waals surface area contributed by atoms with E-state index < -0.39 is 45.3 Å². The number of halogens is 2. The standard InChI is InChI=1S/C29H22Cl2N2O4/c1-15(25(35)32-18-9-7-8-17(14-18)16(2)34)33-26(36)23-24(27(33)37)29(31)20-11-4-3-10-19(20)28(23,30)21-12-5-6-13-22(21)29/h3-15,23-24H,1-2H3,(H,32,35)/t15-,23+,24+,28?,29?/m0/s1. The van der Waals surface area contributed by atoms with E-state index in [9.17, 15) is 19.2 Å². The van der Waals surface area contributed by atoms with Gasteiger partial charge in [-0.25, -0.2) is 0 Å². The summed E-state index contributed by atoms with van der Waals surface area (Å²) in [6.07, 6.45) is 0. The zero-order valence-electron chi connectivity index (χ0n) is 20.0. The summed E-state index contributed by atoms with van der Waals surface area (Å²) in [7, 11) is 0. The van der Waals surface area contributed by atoms with Crippen molar-refractivity contribution in [2.45, 2.75) is 29.6 Å². The Hall–Kier alpha value is -3.48. The van der Waals surface area contributed by atoms with Crippen LogP contribution in [-0.4, -0.2) is 34.4 Å². The Morgan fingerprint density at radius 3 is 1.70 bits per heavy atom. The van der Waals surface area contributed by atoms with Crippen LogP contribution in [0.2, 0.25) is 0 Å². The van der Waals surface area contributed by atoms with E-state index in [1.165, 1.54) is 13.8 Å². The largest absolute Gasteiger partial charge is 0.324 e. The van der Waals surface area contributed by atoms with E-state index in [1.54, 1.807) is 24.3 Å². The molecule has 8 heteroatoms. The second-order valence-electron chi connectivity index (χ2n) is 9.82. The van der Waals surface area contributed by atoms with Crippen LogP contribution in [0.25, 0.3) is 0 Å². The Balaban J connectivity index is 1.42. The number of amides is 3. The lowest BCUT2D eigenvalue weighted by Crippen LogP contribution is -2.57. The summed E-state index contributed by atoms with van der Waals surface area (Å²) in [6.45, 7) is 2.93. The molecule has 1 aliphatic heterocycles. The van der Waals surface area contributed by atoms with Crippen molar-refractivity contribution in [1.29, 1.82) is 0 Å². The van der Waals surface area contributed by atoms with Gasteiger partial charge in [0.1, 0.15) is 15.8 Å². The fourth-order valence-corrected chi connectivity index (χ4v) is 7.35. The fraction of sp³-hybridized carbons (Fsp3) is 0.241. The highest BCUT2D eigenvalue weighted by molar-refractivity contribution is 6.36. The van der Waals surface area contributed by atoms with E-state index in [1.807, 2.05) is 48.5 Å². The summed E-state index contributed by atoms with van der Waals surface area (Å²) in [4.78, 5) is 51.4. The number of benzene rings is 3. The van der Waals surface area contributed by atoms with Crippen molar-refractivity contribution >= 4 is 52.4 Å². The molecule has 1 heterocycles. The number of ketones is 1. The summed E-state index contributed by atoms with van der Waals surface area (Å²) < 4.78 is 0. The number of imide groups is 1. The van der Waals surface area contributed by atoms with Crippen molar-refractivity contribution < 1.29 is 19.2 Å². The lowest BCUT2D eigenvalue weighted by Gasteiger charge is -2.54. The number of nitrogens with zero attached hydrogens (tertiary/aromatic N) is 1. The molecule has 1 N–H and O–H groups in total. The van der Waals surface area contributed by atoms with Crippen LogP contribution < -0.4 is 5.32 Å². The number of rotatable bonds is 4. The predicted molar refractivity (Wildman–Crippen MR) is 140 cm³/mol. The van der Waals surface area contributed by atoms with E-state index in [2.05, 4.69) is 5.32 Å². The molecule has 0 saturated carbocycles. The van der Waals surface area contributed by atoms with Crippen LogP contribution in [0.5, 0.6) is 0 Å². The van der Waals surface area contributed by atoms with Crippen LogP contribution in [0.4, 0.5) is 5.69 Å². The van der Waals surface area contributed by atoms with Crippen molar-refractivity contribution in [3.8, 4) is 0 Å². The Bertz CT molecular complexity index is 1410. The van der Waals surface area contributed by atoms with Crippen molar-refractivity contribution in [2.24, 2.45) is 11.8 Å². The van der Waals surface area contributed by atoms with Crippen LogP contribution in [0.1, 0.15) is 46.5 Å². The van der Waals surface area contributed by atoms with Gasteiger partial charge in [-0.3, -0.25) is 24.1 Å². The van der Waals surface area contributed by atoms with E-state index in [0.29, 0.717) is 33.5 Å². The van der Waals surface area contributed by atoms with E-state index in [0.717, 1.165) is 4.90 Å². The zero-order valence-corrected chi connectivity index (χ0v) is 21.5. The Morgan fingerprint density at radius 1 is 0.811 bits per heavy atom. The van der Waals surface area contributed by atoms with Crippen LogP contribution in [0, 0.1) is 11.8 Å². The maximum absolute atomic E-state index is 14.0. The van der Waals surface area contributed by atoms with Gasteiger partial charge in [-0.05, 0) is 48.2 Å². The van der Waals surface area contributed by atoms with Gasteiger partial charge in [0.15, 0.2) is 5.78 Å². The van der Waals surface area contributed by atoms with Crippen molar-refractivity contribution in [3.63, 3.8) is 0 Å². The summed E-state index contributed by atoms with van der Waals surface area (Å²) in [6, 6.07) is 20.1. The van der Waals surface area contributed by atoms with Crippen molar-refractivity contribution in [3.05, 3.63) is 101 Å². The average molecular weight is 533 g/mol. The van der Waals surface area contributed by atoms with Gasteiger partial charge in [-0.1, -0.05) is 60.7 Å². The highest BCUT2D eigenvalue weighted by atomic mass is 35.5. The maximum Gasteiger partial charge on any atom is 0.247 e. The topological polar surface area (TPSA) is 83.6 Å². The number of hydrogen-bond donors (Lipinski definition) is 1. The first kappa shape index (κ1) is 23.9. The Kier molecular flexibility index (Phi) is 5.17. The molecule has 3 amide bonds. The number of likely N-dealkylation sites (tertiary alicyclic amines) is 1. The summed E-state index contributed by atoms with van der Waals surface area (Å²) >= 11 is 14.8. The highest BCUT2D eigenvalue weighted by Crippen LogP contribution is 2.69. The molecule has 3 aromatic carbocycles. The molecule has 0 unspecified atom stereocenters. The van der Waals surface area contributed by atoms with Gasteiger partial charge >= 0.3 is 0 Å². The molecule has 37 heavy (non-hydrogen) atoms. The molecule has 7 rings (SSSR count). The Labute approximate surface area is 223 Å². The van der Waals surface area contributed by atoms with Gasteiger partial charge in [-0.15, -0.1) is 23.2 Å². The first-order valence-corrected chi connectivity index (χ1v) is 12.7. The van der Waals surface area contributed by atoms with Crippen LogP contribution in [-0.2, 0) is 24.1 Å². The van der Waals surface area contributed by atoms with Gasteiger partial charge in [0.2, 0.25) is 17.7 Å². The number of alkyl halides is 2. The normalized spacial score (nSPS) is 27.8. The lowest BCUT2D eigenvalue weighted by atomic mass is 9.54. The molecular formula is C29H22Cl2N2O4. The predicted octanol–water partition coefficient (Wildman–Crippen LogP) is 4.81. The minimum absolute atomic E-state index is 0.146.